The lowest BCUT2D eigenvalue weighted by atomic mass is 9.78. The number of aliphatic hydroxyl groups is 3. The molecule has 1 amide bonds. The van der Waals surface area contributed by atoms with Gasteiger partial charge in [0.25, 0.3) is 5.91 Å². The van der Waals surface area contributed by atoms with E-state index in [0.717, 1.165) is 5.57 Å². The molecule has 328 valence electrons. The van der Waals surface area contributed by atoms with Gasteiger partial charge in [0.15, 0.2) is 0 Å². The maximum absolute atomic E-state index is 14.8. The Bertz CT molecular complexity index is 1510. The van der Waals surface area contributed by atoms with Crippen LogP contribution >= 0.6 is 0 Å². The van der Waals surface area contributed by atoms with Crippen molar-refractivity contribution in [1.82, 2.24) is 4.90 Å². The molecule has 2 bridgehead atoms. The lowest BCUT2D eigenvalue weighted by Crippen LogP contribution is -2.68. The smallest absolute Gasteiger partial charge is 0.329 e. The van der Waals surface area contributed by atoms with Crippen molar-refractivity contribution in [3.8, 4) is 0 Å². The Kier molecular flexibility index (Phi) is 16.0. The number of fused-ring (bicyclic) bond motifs is 4. The number of esters is 1. The predicted octanol–water partition coefficient (Wildman–Crippen LogP) is 4.84. The molecule has 3 saturated heterocycles. The maximum Gasteiger partial charge on any atom is 0.329 e. The van der Waals surface area contributed by atoms with E-state index in [-0.39, 0.29) is 43.3 Å². The summed E-state index contributed by atoms with van der Waals surface area (Å²) in [6.45, 7) is 13.6. The quantitative estimate of drug-likeness (QED) is 0.182. The molecule has 15 atom stereocenters. The minimum atomic E-state index is -2.04. The number of Topliss-reactive ketones (excluding diaryl/α,β-unsaturated/α-hetero) is 1. The van der Waals surface area contributed by atoms with Crippen LogP contribution in [0.1, 0.15) is 105 Å². The van der Waals surface area contributed by atoms with Crippen LogP contribution in [-0.4, -0.2) is 133 Å². The molecule has 1 spiro atoms. The number of amides is 1. The van der Waals surface area contributed by atoms with Gasteiger partial charge in [-0.15, -0.1) is 6.58 Å². The van der Waals surface area contributed by atoms with Crippen molar-refractivity contribution in [3.63, 3.8) is 0 Å². The van der Waals surface area contributed by atoms with Gasteiger partial charge in [-0.05, 0) is 95.5 Å². The molecule has 1 saturated carbocycles. The highest BCUT2D eigenvalue weighted by molar-refractivity contribution is 5.93. The molecule has 3 N–H and O–H groups in total. The largest absolute Gasteiger partial charge is 0.456 e. The molecule has 1 aliphatic carbocycles. The molecule has 0 aromatic carbocycles. The number of carbonyl (C=O) groups excluding carboxylic acids is 3. The first-order chi connectivity index (χ1) is 27.5. The molecule has 4 fully saturated rings. The van der Waals surface area contributed by atoms with Gasteiger partial charge in [-0.3, -0.25) is 9.59 Å². The highest BCUT2D eigenvalue weighted by atomic mass is 16.7. The number of hydrogen-bond acceptors (Lipinski definition) is 12. The number of carbonyl (C=O) groups is 3. The van der Waals surface area contributed by atoms with Gasteiger partial charge < -0.3 is 48.6 Å². The molecule has 0 radical (unpaired) electrons. The summed E-state index contributed by atoms with van der Waals surface area (Å²) >= 11 is 0. The Hall–Kier alpha value is -2.49. The van der Waals surface area contributed by atoms with Crippen molar-refractivity contribution in [2.24, 2.45) is 29.6 Å². The van der Waals surface area contributed by atoms with Gasteiger partial charge >= 0.3 is 5.97 Å². The van der Waals surface area contributed by atoms with E-state index in [4.69, 9.17) is 28.4 Å². The van der Waals surface area contributed by atoms with Gasteiger partial charge in [0.1, 0.15) is 24.0 Å². The van der Waals surface area contributed by atoms with E-state index in [1.807, 2.05) is 32.9 Å². The second kappa shape index (κ2) is 19.9. The van der Waals surface area contributed by atoms with E-state index >= 15 is 0 Å². The van der Waals surface area contributed by atoms with Gasteiger partial charge in [0, 0.05) is 52.0 Å². The number of ketones is 1. The van der Waals surface area contributed by atoms with Gasteiger partial charge in [0.2, 0.25) is 11.4 Å². The highest BCUT2D eigenvalue weighted by Gasteiger charge is 2.73. The molecule has 13 nitrogen and oxygen atoms in total. The summed E-state index contributed by atoms with van der Waals surface area (Å²) in [7, 11) is 4.77. The second-order valence-electron chi connectivity index (χ2n) is 18.1. The van der Waals surface area contributed by atoms with Crippen LogP contribution in [-0.2, 0) is 42.8 Å². The molecule has 15 unspecified atom stereocenters. The molecular weight excluding hydrogens is 746 g/mol. The fraction of sp³-hybridized carbons (Fsp3) is 0.800. The predicted molar refractivity (Wildman–Crippen MR) is 216 cm³/mol. The summed E-state index contributed by atoms with van der Waals surface area (Å²) in [6.07, 6.45) is 6.30. The van der Waals surface area contributed by atoms with E-state index in [1.54, 1.807) is 34.3 Å². The number of aliphatic hydroxyl groups excluding tert-OH is 2. The molecule has 0 aromatic rings. The van der Waals surface area contributed by atoms with E-state index < -0.39 is 83.7 Å². The Balaban J connectivity index is 1.55. The van der Waals surface area contributed by atoms with Gasteiger partial charge in [-0.25, -0.2) is 4.79 Å². The summed E-state index contributed by atoms with van der Waals surface area (Å²) < 4.78 is 36.5. The summed E-state index contributed by atoms with van der Waals surface area (Å²) in [5, 5.41) is 34.8. The number of nitrogens with zero attached hydrogens (tertiary/aromatic N) is 1. The molecule has 13 heteroatoms. The standard InChI is InChI=1S/C45H71NO12/c1-10-13-32-19-26(2)18-27(3)20-38(54-8)41-39(55-9)22-29(5)45(52,58-41)44(25-56-44)43(51)46-17-12-11-14-33(46)42(50)57-40(30(6)35(48)24-36(32)49)28(4)21-31-15-16-34(47)37(23-31)53-7/h10,19,21,27,29-35,37-41,47-48,52H,1,11-18,20,22-25H2,2-9H3/b26-19-,28-21?. The lowest BCUT2D eigenvalue weighted by Gasteiger charge is -2.50. The number of hydrogen-bond donors (Lipinski definition) is 3. The van der Waals surface area contributed by atoms with Crippen LogP contribution < -0.4 is 0 Å². The van der Waals surface area contributed by atoms with Crippen LogP contribution in [0, 0.1) is 29.6 Å². The first kappa shape index (κ1) is 46.6. The Morgan fingerprint density at radius 1 is 0.948 bits per heavy atom. The molecule has 0 aromatic heterocycles. The molecule has 5 aliphatic rings. The zero-order chi connectivity index (χ0) is 42.5. The number of allylic oxidation sites excluding steroid dienone is 4. The monoisotopic (exact) mass is 817 g/mol. The van der Waals surface area contributed by atoms with Crippen molar-refractivity contribution < 1.29 is 58.1 Å². The zero-order valence-electron chi connectivity index (χ0n) is 36.1. The number of methoxy groups -OCH3 is 3. The third kappa shape index (κ3) is 9.99. The van der Waals surface area contributed by atoms with Crippen LogP contribution in [0.5, 0.6) is 0 Å². The Labute approximate surface area is 345 Å². The fourth-order valence-corrected chi connectivity index (χ4v) is 10.1. The Morgan fingerprint density at radius 3 is 2.26 bits per heavy atom. The fourth-order valence-electron chi connectivity index (χ4n) is 10.1. The number of epoxide rings is 1. The highest BCUT2D eigenvalue weighted by Crippen LogP contribution is 2.51. The molecule has 58 heavy (non-hydrogen) atoms. The second-order valence-corrected chi connectivity index (χ2v) is 18.1. The summed E-state index contributed by atoms with van der Waals surface area (Å²) in [4.78, 5) is 44.7. The van der Waals surface area contributed by atoms with E-state index in [0.29, 0.717) is 69.8 Å². The number of rotatable bonds is 7. The van der Waals surface area contributed by atoms with Crippen LogP contribution in [0.3, 0.4) is 0 Å². The minimum Gasteiger partial charge on any atom is -0.456 e. The third-order valence-corrected chi connectivity index (χ3v) is 13.7. The van der Waals surface area contributed by atoms with E-state index in [2.05, 4.69) is 13.5 Å². The SMILES string of the molecule is C=CCC1/C=C(/C)CC(C)CC(OC)C2OC(O)(C(C)CC2OC)C2(CO2)C(=O)N2CCCCC2C(=O)OC(C(C)=CC2CCC(O)C(OC)C2)C(C)C(O)CC1=O. The third-order valence-electron chi connectivity index (χ3n) is 13.7. The number of piperidine rings is 1. The summed E-state index contributed by atoms with van der Waals surface area (Å²) in [5.41, 5.74) is -0.0431. The first-order valence-corrected chi connectivity index (χ1v) is 21.5. The van der Waals surface area contributed by atoms with Crippen molar-refractivity contribution in [2.45, 2.75) is 165 Å². The molecule has 4 heterocycles. The maximum atomic E-state index is 14.8. The number of ether oxygens (including phenoxy) is 6. The van der Waals surface area contributed by atoms with Gasteiger partial charge in [-0.2, -0.15) is 0 Å². The topological polar surface area (TPSA) is 174 Å². The van der Waals surface area contributed by atoms with Gasteiger partial charge in [-0.1, -0.05) is 44.6 Å². The van der Waals surface area contributed by atoms with Crippen molar-refractivity contribution in [1.29, 1.82) is 0 Å². The van der Waals surface area contributed by atoms with E-state index in [9.17, 15) is 29.7 Å². The molecule has 4 aliphatic heterocycles. The normalized spacial score (nSPS) is 43.7. The van der Waals surface area contributed by atoms with Gasteiger partial charge in [0.05, 0.1) is 37.1 Å². The zero-order valence-corrected chi connectivity index (χ0v) is 36.1. The van der Waals surface area contributed by atoms with Crippen LogP contribution in [0.4, 0.5) is 0 Å². The summed E-state index contributed by atoms with van der Waals surface area (Å²) in [6, 6.07) is -0.983. The van der Waals surface area contributed by atoms with Crippen molar-refractivity contribution >= 4 is 17.7 Å². The molecule has 5 rings (SSSR count). The summed E-state index contributed by atoms with van der Waals surface area (Å²) in [5.74, 6) is -5.05. The minimum absolute atomic E-state index is 0.0211. The van der Waals surface area contributed by atoms with Crippen molar-refractivity contribution in [3.05, 3.63) is 36.0 Å². The average molecular weight is 818 g/mol. The van der Waals surface area contributed by atoms with Crippen LogP contribution in [0.25, 0.3) is 0 Å². The number of cyclic esters (lactones) is 1. The van der Waals surface area contributed by atoms with Crippen LogP contribution in [0.2, 0.25) is 0 Å². The average Bonchev–Trinajstić information content (AvgIpc) is 4.02. The Morgan fingerprint density at radius 2 is 1.62 bits per heavy atom. The first-order valence-electron chi connectivity index (χ1n) is 21.5. The van der Waals surface area contributed by atoms with Crippen LogP contribution in [0.15, 0.2) is 36.0 Å². The van der Waals surface area contributed by atoms with Crippen molar-refractivity contribution in [2.75, 3.05) is 34.5 Å². The lowest BCUT2D eigenvalue weighted by molar-refractivity contribution is -0.340. The molecular formula is C45H71NO12. The van der Waals surface area contributed by atoms with E-state index in [1.165, 1.54) is 4.90 Å².